The molecule has 0 bridgehead atoms. The summed E-state index contributed by atoms with van der Waals surface area (Å²) in [6.07, 6.45) is 0.460. The van der Waals surface area contributed by atoms with Crippen molar-refractivity contribution in [2.75, 3.05) is 38.7 Å². The molecule has 0 aromatic rings. The molecule has 4 nitrogen and oxygen atoms in total. The lowest BCUT2D eigenvalue weighted by Gasteiger charge is -2.05. The van der Waals surface area contributed by atoms with E-state index in [0.29, 0.717) is 45.1 Å². The van der Waals surface area contributed by atoms with Crippen molar-refractivity contribution in [2.24, 2.45) is 0 Å². The van der Waals surface area contributed by atoms with Gasteiger partial charge in [-0.05, 0) is 12.7 Å². The van der Waals surface area contributed by atoms with Gasteiger partial charge in [0.1, 0.15) is 0 Å². The maximum absolute atomic E-state index is 10.9. The normalized spacial score (nSPS) is 10.1. The van der Waals surface area contributed by atoms with Crippen LogP contribution in [0.15, 0.2) is 0 Å². The number of thiol groups is 1. The first kappa shape index (κ1) is 13.7. The van der Waals surface area contributed by atoms with Crippen molar-refractivity contribution >= 4 is 18.5 Å². The molecule has 0 spiro atoms. The second-order valence-corrected chi connectivity index (χ2v) is 3.08. The second kappa shape index (κ2) is 10.8. The standard InChI is InChI=1S/C9H19NO3S/c1-2-12-6-7-13-5-4-10-9(11)3-8-14/h14H,2-8H2,1H3,(H,10,11). The van der Waals surface area contributed by atoms with Crippen LogP contribution in [0, 0.1) is 0 Å². The first-order chi connectivity index (χ1) is 6.81. The Balaban J connectivity index is 3.01. The zero-order valence-electron chi connectivity index (χ0n) is 8.62. The van der Waals surface area contributed by atoms with E-state index in [4.69, 9.17) is 9.47 Å². The van der Waals surface area contributed by atoms with Crippen molar-refractivity contribution in [3.63, 3.8) is 0 Å². The highest BCUT2D eigenvalue weighted by Crippen LogP contribution is 1.83. The summed E-state index contributed by atoms with van der Waals surface area (Å²) in [5, 5.41) is 2.72. The van der Waals surface area contributed by atoms with E-state index in [-0.39, 0.29) is 5.91 Å². The summed E-state index contributed by atoms with van der Waals surface area (Å²) < 4.78 is 10.3. The largest absolute Gasteiger partial charge is 0.379 e. The first-order valence-electron chi connectivity index (χ1n) is 4.84. The number of hydrogen-bond acceptors (Lipinski definition) is 4. The molecule has 84 valence electrons. The Kier molecular flexibility index (Phi) is 10.6. The van der Waals surface area contributed by atoms with Gasteiger partial charge in [0.05, 0.1) is 19.8 Å². The average molecular weight is 221 g/mol. The first-order valence-corrected chi connectivity index (χ1v) is 5.47. The van der Waals surface area contributed by atoms with Crippen LogP contribution in [-0.4, -0.2) is 44.6 Å². The van der Waals surface area contributed by atoms with Crippen molar-refractivity contribution < 1.29 is 14.3 Å². The minimum atomic E-state index is 0.0217. The smallest absolute Gasteiger partial charge is 0.220 e. The van der Waals surface area contributed by atoms with Crippen LogP contribution in [0.5, 0.6) is 0 Å². The van der Waals surface area contributed by atoms with Crippen molar-refractivity contribution in [3.05, 3.63) is 0 Å². The van der Waals surface area contributed by atoms with Crippen molar-refractivity contribution in [1.29, 1.82) is 0 Å². The van der Waals surface area contributed by atoms with Crippen molar-refractivity contribution in [2.45, 2.75) is 13.3 Å². The fraction of sp³-hybridized carbons (Fsp3) is 0.889. The van der Waals surface area contributed by atoms with Crippen LogP contribution < -0.4 is 5.32 Å². The van der Waals surface area contributed by atoms with E-state index >= 15 is 0 Å². The Bertz CT molecular complexity index is 144. The molecule has 0 radical (unpaired) electrons. The monoisotopic (exact) mass is 221 g/mol. The van der Waals surface area contributed by atoms with E-state index in [9.17, 15) is 4.79 Å². The number of nitrogens with one attached hydrogen (secondary N) is 1. The molecule has 0 atom stereocenters. The minimum Gasteiger partial charge on any atom is -0.379 e. The number of carbonyl (C=O) groups is 1. The fourth-order valence-corrected chi connectivity index (χ4v) is 1.02. The highest BCUT2D eigenvalue weighted by atomic mass is 32.1. The van der Waals surface area contributed by atoms with Crippen molar-refractivity contribution in [1.82, 2.24) is 5.32 Å². The molecule has 0 aromatic carbocycles. The fourth-order valence-electron chi connectivity index (χ4n) is 0.817. The van der Waals surface area contributed by atoms with Crippen LogP contribution in [0.3, 0.4) is 0 Å². The van der Waals surface area contributed by atoms with Crippen LogP contribution in [-0.2, 0) is 14.3 Å². The van der Waals surface area contributed by atoms with Crippen LogP contribution in [0.1, 0.15) is 13.3 Å². The van der Waals surface area contributed by atoms with E-state index in [1.54, 1.807) is 0 Å². The molecule has 0 aliphatic heterocycles. The SMILES string of the molecule is CCOCCOCCNC(=O)CCS. The molecule has 5 heteroatoms. The number of amides is 1. The summed E-state index contributed by atoms with van der Waals surface area (Å²) in [6.45, 7) is 4.93. The van der Waals surface area contributed by atoms with Gasteiger partial charge in [-0.25, -0.2) is 0 Å². The number of hydrogen-bond donors (Lipinski definition) is 2. The predicted molar refractivity (Wildman–Crippen MR) is 58.8 cm³/mol. The number of ether oxygens (including phenoxy) is 2. The van der Waals surface area contributed by atoms with Gasteiger partial charge in [0.2, 0.25) is 5.91 Å². The van der Waals surface area contributed by atoms with Crippen LogP contribution in [0.25, 0.3) is 0 Å². The van der Waals surface area contributed by atoms with Gasteiger partial charge in [-0.15, -0.1) is 0 Å². The summed E-state index contributed by atoms with van der Waals surface area (Å²) in [4.78, 5) is 10.9. The van der Waals surface area contributed by atoms with Gasteiger partial charge in [-0.3, -0.25) is 4.79 Å². The molecular formula is C9H19NO3S. The second-order valence-electron chi connectivity index (χ2n) is 2.63. The molecule has 14 heavy (non-hydrogen) atoms. The maximum Gasteiger partial charge on any atom is 0.220 e. The molecule has 0 fully saturated rings. The molecule has 0 aromatic heterocycles. The summed E-state index contributed by atoms with van der Waals surface area (Å²) >= 11 is 3.95. The topological polar surface area (TPSA) is 47.6 Å². The van der Waals surface area contributed by atoms with E-state index < -0.39 is 0 Å². The number of rotatable bonds is 9. The van der Waals surface area contributed by atoms with Gasteiger partial charge < -0.3 is 14.8 Å². The van der Waals surface area contributed by atoms with E-state index in [2.05, 4.69) is 17.9 Å². The molecule has 0 rings (SSSR count). The van der Waals surface area contributed by atoms with Gasteiger partial charge in [-0.1, -0.05) is 0 Å². The Labute approximate surface area is 90.8 Å². The molecule has 0 aliphatic carbocycles. The molecule has 0 heterocycles. The average Bonchev–Trinajstić information content (AvgIpc) is 2.17. The summed E-state index contributed by atoms with van der Waals surface area (Å²) in [5.41, 5.74) is 0. The van der Waals surface area contributed by atoms with Crippen LogP contribution in [0.4, 0.5) is 0 Å². The van der Waals surface area contributed by atoms with Gasteiger partial charge in [0, 0.05) is 19.6 Å². The zero-order valence-corrected chi connectivity index (χ0v) is 9.52. The quantitative estimate of drug-likeness (QED) is 0.440. The minimum absolute atomic E-state index is 0.0217. The summed E-state index contributed by atoms with van der Waals surface area (Å²) in [6, 6.07) is 0. The highest BCUT2D eigenvalue weighted by molar-refractivity contribution is 7.80. The maximum atomic E-state index is 10.9. The Morgan fingerprint density at radius 3 is 2.64 bits per heavy atom. The van der Waals surface area contributed by atoms with Crippen molar-refractivity contribution in [3.8, 4) is 0 Å². The lowest BCUT2D eigenvalue weighted by molar-refractivity contribution is -0.120. The number of carbonyl (C=O) groups excluding carboxylic acids is 1. The molecular weight excluding hydrogens is 202 g/mol. The van der Waals surface area contributed by atoms with E-state index in [1.807, 2.05) is 6.92 Å². The van der Waals surface area contributed by atoms with Crippen LogP contribution >= 0.6 is 12.6 Å². The molecule has 1 N–H and O–H groups in total. The third kappa shape index (κ3) is 9.83. The predicted octanol–water partition coefficient (Wildman–Crippen LogP) is 0.476. The zero-order chi connectivity index (χ0) is 10.6. The lowest BCUT2D eigenvalue weighted by atomic mass is 10.4. The van der Waals surface area contributed by atoms with E-state index in [1.165, 1.54) is 0 Å². The molecule has 1 amide bonds. The molecule has 0 aliphatic rings. The summed E-state index contributed by atoms with van der Waals surface area (Å²) in [5.74, 6) is 0.602. The van der Waals surface area contributed by atoms with Gasteiger partial charge in [0.15, 0.2) is 0 Å². The third-order valence-corrected chi connectivity index (χ3v) is 1.71. The molecule has 0 saturated carbocycles. The Morgan fingerprint density at radius 2 is 2.00 bits per heavy atom. The Hall–Kier alpha value is -0.260. The molecule has 0 saturated heterocycles. The highest BCUT2D eigenvalue weighted by Gasteiger charge is 1.97. The van der Waals surface area contributed by atoms with Gasteiger partial charge in [0.25, 0.3) is 0 Å². The molecule has 0 unspecified atom stereocenters. The van der Waals surface area contributed by atoms with Gasteiger partial charge in [-0.2, -0.15) is 12.6 Å². The Morgan fingerprint density at radius 1 is 1.29 bits per heavy atom. The lowest BCUT2D eigenvalue weighted by Crippen LogP contribution is -2.27. The van der Waals surface area contributed by atoms with E-state index in [0.717, 1.165) is 0 Å². The van der Waals surface area contributed by atoms with Gasteiger partial charge >= 0.3 is 0 Å². The third-order valence-electron chi connectivity index (χ3n) is 1.48. The van der Waals surface area contributed by atoms with Crippen LogP contribution in [0.2, 0.25) is 0 Å². The summed E-state index contributed by atoms with van der Waals surface area (Å²) in [7, 11) is 0.